The molecule has 0 amide bonds. The topological polar surface area (TPSA) is 47.0 Å². The lowest BCUT2D eigenvalue weighted by Gasteiger charge is -2.23. The van der Waals surface area contributed by atoms with Gasteiger partial charge in [0, 0.05) is 13.0 Å². The predicted molar refractivity (Wildman–Crippen MR) is 107 cm³/mol. The number of rotatable bonds is 7. The van der Waals surface area contributed by atoms with Crippen LogP contribution in [0.1, 0.15) is 11.1 Å². The number of hydrogen-bond donors (Lipinski definition) is 3. The van der Waals surface area contributed by atoms with Crippen LogP contribution in [0.25, 0.3) is 0 Å². The number of nitrogens with one attached hydrogen (secondary N) is 3. The predicted octanol–water partition coefficient (Wildman–Crippen LogP) is 1.14. The largest absolute Gasteiger partial charge is 0.454 e. The van der Waals surface area contributed by atoms with E-state index in [2.05, 4.69) is 55.1 Å². The van der Waals surface area contributed by atoms with Crippen LogP contribution in [0.3, 0.4) is 0 Å². The van der Waals surface area contributed by atoms with Crippen LogP contribution in [0, 0.1) is 0 Å². The molecule has 0 bridgehead atoms. The first-order chi connectivity index (χ1) is 12.6. The van der Waals surface area contributed by atoms with E-state index in [0.29, 0.717) is 24.5 Å². The Morgan fingerprint density at radius 3 is 2.58 bits per heavy atom. The van der Waals surface area contributed by atoms with Crippen molar-refractivity contribution in [3.05, 3.63) is 59.7 Å². The molecule has 1 heterocycles. The highest BCUT2D eigenvalue weighted by atomic mass is 32.1. The zero-order valence-electron chi connectivity index (χ0n) is 15.2. The van der Waals surface area contributed by atoms with E-state index in [0.717, 1.165) is 30.0 Å². The maximum absolute atomic E-state index is 5.43. The number of benzene rings is 2. The van der Waals surface area contributed by atoms with Gasteiger partial charge in [-0.2, -0.15) is 0 Å². The summed E-state index contributed by atoms with van der Waals surface area (Å²) in [7, 11) is 4.36. The van der Waals surface area contributed by atoms with Gasteiger partial charge in [-0.25, -0.2) is 0 Å². The standard InChI is InChI=1S/C20H25N3O2S/c1-23(2)17(10-15-6-4-3-5-7-15)13-22-20(26)21-12-16-8-9-18-19(11-16)25-14-24-18/h3-9,11,17H,10,12-14H2,1-2H3,(H2,21,22,26)/p+1/t17-/m0/s1. The molecule has 138 valence electrons. The van der Waals surface area contributed by atoms with Crippen molar-refractivity contribution in [1.82, 2.24) is 10.6 Å². The van der Waals surface area contributed by atoms with Crippen molar-refractivity contribution in [1.29, 1.82) is 0 Å². The van der Waals surface area contributed by atoms with Gasteiger partial charge in [-0.1, -0.05) is 36.4 Å². The number of hydrogen-bond acceptors (Lipinski definition) is 3. The lowest BCUT2D eigenvalue weighted by atomic mass is 10.1. The molecular weight excluding hydrogens is 346 g/mol. The van der Waals surface area contributed by atoms with Crippen LogP contribution in [0.2, 0.25) is 0 Å². The molecule has 0 aromatic heterocycles. The van der Waals surface area contributed by atoms with Crippen molar-refractivity contribution < 1.29 is 14.4 Å². The van der Waals surface area contributed by atoms with Crippen molar-refractivity contribution in [2.45, 2.75) is 19.0 Å². The minimum Gasteiger partial charge on any atom is -0.454 e. The molecule has 1 aliphatic heterocycles. The van der Waals surface area contributed by atoms with Crippen molar-refractivity contribution in [2.24, 2.45) is 0 Å². The summed E-state index contributed by atoms with van der Waals surface area (Å²) in [6.45, 7) is 1.77. The van der Waals surface area contributed by atoms with E-state index in [-0.39, 0.29) is 0 Å². The first-order valence-corrected chi connectivity index (χ1v) is 9.27. The fraction of sp³-hybridized carbons (Fsp3) is 0.350. The number of likely N-dealkylation sites (N-methyl/N-ethyl adjacent to an activating group) is 1. The third-order valence-corrected chi connectivity index (χ3v) is 4.83. The fourth-order valence-corrected chi connectivity index (χ4v) is 3.05. The van der Waals surface area contributed by atoms with E-state index in [4.69, 9.17) is 21.7 Å². The van der Waals surface area contributed by atoms with E-state index >= 15 is 0 Å². The van der Waals surface area contributed by atoms with Crippen LogP contribution in [-0.2, 0) is 13.0 Å². The highest BCUT2D eigenvalue weighted by Crippen LogP contribution is 2.32. The molecule has 26 heavy (non-hydrogen) atoms. The van der Waals surface area contributed by atoms with Gasteiger partial charge in [0.05, 0.1) is 20.6 Å². The Bertz CT molecular complexity index is 737. The van der Waals surface area contributed by atoms with Crippen molar-refractivity contribution in [3.8, 4) is 11.5 Å². The van der Waals surface area contributed by atoms with E-state index in [1.807, 2.05) is 18.2 Å². The number of thiocarbonyl (C=S) groups is 1. The number of ether oxygens (including phenoxy) is 2. The summed E-state index contributed by atoms with van der Waals surface area (Å²) in [5.41, 5.74) is 2.46. The molecule has 2 aromatic rings. The molecule has 2 aromatic carbocycles. The van der Waals surface area contributed by atoms with Crippen LogP contribution >= 0.6 is 12.2 Å². The van der Waals surface area contributed by atoms with Gasteiger partial charge in [0.15, 0.2) is 16.6 Å². The molecule has 0 spiro atoms. The molecule has 1 aliphatic rings. The Balaban J connectivity index is 1.46. The van der Waals surface area contributed by atoms with Gasteiger partial charge in [-0.3, -0.25) is 0 Å². The van der Waals surface area contributed by atoms with Gasteiger partial charge >= 0.3 is 0 Å². The van der Waals surface area contributed by atoms with Gasteiger partial charge in [-0.15, -0.1) is 0 Å². The molecule has 0 aliphatic carbocycles. The van der Waals surface area contributed by atoms with Gasteiger partial charge in [0.2, 0.25) is 6.79 Å². The number of quaternary nitrogens is 1. The van der Waals surface area contributed by atoms with Crippen molar-refractivity contribution in [2.75, 3.05) is 27.4 Å². The zero-order chi connectivity index (χ0) is 18.4. The molecular formula is C20H26N3O2S+. The summed E-state index contributed by atoms with van der Waals surface area (Å²) in [5, 5.41) is 7.28. The maximum atomic E-state index is 5.43. The fourth-order valence-electron chi connectivity index (χ4n) is 2.89. The van der Waals surface area contributed by atoms with E-state index in [9.17, 15) is 0 Å². The molecule has 0 radical (unpaired) electrons. The van der Waals surface area contributed by atoms with Crippen molar-refractivity contribution in [3.63, 3.8) is 0 Å². The van der Waals surface area contributed by atoms with Crippen LogP contribution < -0.4 is 25.0 Å². The van der Waals surface area contributed by atoms with Crippen LogP contribution in [0.5, 0.6) is 11.5 Å². The molecule has 3 rings (SSSR count). The average molecular weight is 373 g/mol. The van der Waals surface area contributed by atoms with Crippen LogP contribution in [0.15, 0.2) is 48.5 Å². The Kier molecular flexibility index (Phi) is 6.30. The number of fused-ring (bicyclic) bond motifs is 1. The van der Waals surface area contributed by atoms with E-state index < -0.39 is 0 Å². The van der Waals surface area contributed by atoms with E-state index in [1.54, 1.807) is 0 Å². The summed E-state index contributed by atoms with van der Waals surface area (Å²) in [6, 6.07) is 17.0. The van der Waals surface area contributed by atoms with Crippen LogP contribution in [0.4, 0.5) is 0 Å². The molecule has 0 saturated carbocycles. The zero-order valence-corrected chi connectivity index (χ0v) is 16.1. The molecule has 5 nitrogen and oxygen atoms in total. The lowest BCUT2D eigenvalue weighted by Crippen LogP contribution is -3.11. The molecule has 0 unspecified atom stereocenters. The highest BCUT2D eigenvalue weighted by Gasteiger charge is 2.16. The first-order valence-electron chi connectivity index (χ1n) is 8.86. The summed E-state index contributed by atoms with van der Waals surface area (Å²) >= 11 is 5.43. The normalized spacial score (nSPS) is 13.5. The van der Waals surface area contributed by atoms with Crippen molar-refractivity contribution >= 4 is 17.3 Å². The SMILES string of the molecule is C[NH+](C)[C@H](CNC(=S)NCc1ccc2c(c1)OCO2)Cc1ccccc1. The van der Waals surface area contributed by atoms with E-state index in [1.165, 1.54) is 10.5 Å². The van der Waals surface area contributed by atoms with Gasteiger partial charge < -0.3 is 25.0 Å². The highest BCUT2D eigenvalue weighted by molar-refractivity contribution is 7.80. The third-order valence-electron chi connectivity index (χ3n) is 4.54. The minimum absolute atomic E-state index is 0.294. The molecule has 6 heteroatoms. The summed E-state index contributed by atoms with van der Waals surface area (Å²) in [5.74, 6) is 1.59. The maximum Gasteiger partial charge on any atom is 0.231 e. The Morgan fingerprint density at radius 2 is 1.81 bits per heavy atom. The summed E-state index contributed by atoms with van der Waals surface area (Å²) in [6.07, 6.45) is 1.01. The second kappa shape index (κ2) is 8.87. The van der Waals surface area contributed by atoms with Gasteiger partial charge in [-0.05, 0) is 35.5 Å². The Hall–Kier alpha value is -2.31. The molecule has 1 atom stereocenters. The molecule has 0 saturated heterocycles. The smallest absolute Gasteiger partial charge is 0.231 e. The molecule has 3 N–H and O–H groups in total. The Labute approximate surface area is 160 Å². The first kappa shape index (κ1) is 18.5. The summed E-state index contributed by atoms with van der Waals surface area (Å²) < 4.78 is 10.7. The lowest BCUT2D eigenvalue weighted by molar-refractivity contribution is -0.884. The van der Waals surface area contributed by atoms with Gasteiger partial charge in [0.25, 0.3) is 0 Å². The third kappa shape index (κ3) is 5.09. The molecule has 0 fully saturated rings. The Morgan fingerprint density at radius 1 is 1.04 bits per heavy atom. The quantitative estimate of drug-likeness (QED) is 0.636. The second-order valence-corrected chi connectivity index (χ2v) is 7.12. The van der Waals surface area contributed by atoms with Gasteiger partial charge in [0.1, 0.15) is 6.04 Å². The minimum atomic E-state index is 0.294. The van der Waals surface area contributed by atoms with Crippen LogP contribution in [-0.4, -0.2) is 38.6 Å². The second-order valence-electron chi connectivity index (χ2n) is 6.72. The summed E-state index contributed by atoms with van der Waals surface area (Å²) in [4.78, 5) is 1.40. The average Bonchev–Trinajstić information content (AvgIpc) is 3.11. The monoisotopic (exact) mass is 372 g/mol.